The molecule has 0 radical (unpaired) electrons. The van der Waals surface area contributed by atoms with Crippen LogP contribution in [0, 0.1) is 5.92 Å². The lowest BCUT2D eigenvalue weighted by Crippen LogP contribution is -2.10. The standard InChI is InChI=1S/C16H21N3OS/c1-3-4-12-9-15(19-18-12)17-16(20)14-8-11-7-10(2)5-6-13(11)21-14/h8-10H,3-7H2,1-2H3,(H2,17,18,19,20). The van der Waals surface area contributed by atoms with E-state index in [1.165, 1.54) is 16.9 Å². The summed E-state index contributed by atoms with van der Waals surface area (Å²) >= 11 is 1.63. The van der Waals surface area contributed by atoms with Crippen LogP contribution in [0.2, 0.25) is 0 Å². The molecule has 0 saturated heterocycles. The lowest BCUT2D eigenvalue weighted by atomic mass is 9.90. The number of nitrogens with zero attached hydrogens (tertiary/aromatic N) is 1. The fourth-order valence-corrected chi connectivity index (χ4v) is 3.92. The third-order valence-corrected chi connectivity index (χ3v) is 5.18. The van der Waals surface area contributed by atoms with Crippen LogP contribution in [0.1, 0.15) is 52.5 Å². The Morgan fingerprint density at radius 3 is 3.19 bits per heavy atom. The average Bonchev–Trinajstić information content (AvgIpc) is 3.05. The maximum absolute atomic E-state index is 12.3. The highest BCUT2D eigenvalue weighted by atomic mass is 32.1. The van der Waals surface area contributed by atoms with Crippen LogP contribution in [0.15, 0.2) is 12.1 Å². The monoisotopic (exact) mass is 303 g/mol. The second-order valence-electron chi connectivity index (χ2n) is 5.89. The number of hydrogen-bond acceptors (Lipinski definition) is 3. The van der Waals surface area contributed by atoms with Gasteiger partial charge in [0.05, 0.1) is 4.88 Å². The van der Waals surface area contributed by atoms with Crippen LogP contribution in [0.4, 0.5) is 5.82 Å². The normalized spacial score (nSPS) is 17.5. The van der Waals surface area contributed by atoms with E-state index in [0.29, 0.717) is 5.82 Å². The van der Waals surface area contributed by atoms with Gasteiger partial charge in [0.25, 0.3) is 5.91 Å². The summed E-state index contributed by atoms with van der Waals surface area (Å²) in [4.78, 5) is 14.5. The fraction of sp³-hybridized carbons (Fsp3) is 0.500. The van der Waals surface area contributed by atoms with E-state index in [2.05, 4.69) is 35.4 Å². The molecule has 2 heterocycles. The molecule has 5 heteroatoms. The van der Waals surface area contributed by atoms with Crippen molar-refractivity contribution in [2.45, 2.75) is 46.0 Å². The molecule has 112 valence electrons. The molecule has 4 nitrogen and oxygen atoms in total. The number of fused-ring (bicyclic) bond motifs is 1. The van der Waals surface area contributed by atoms with Gasteiger partial charge in [-0.1, -0.05) is 20.3 Å². The molecule has 0 fully saturated rings. The second-order valence-corrected chi connectivity index (χ2v) is 7.03. The zero-order valence-corrected chi connectivity index (χ0v) is 13.3. The summed E-state index contributed by atoms with van der Waals surface area (Å²) in [6.07, 6.45) is 5.45. The van der Waals surface area contributed by atoms with E-state index in [4.69, 9.17) is 0 Å². The molecule has 3 rings (SSSR count). The quantitative estimate of drug-likeness (QED) is 0.902. The van der Waals surface area contributed by atoms with Gasteiger partial charge in [0.15, 0.2) is 5.82 Å². The average molecular weight is 303 g/mol. The van der Waals surface area contributed by atoms with Crippen LogP contribution >= 0.6 is 11.3 Å². The Balaban J connectivity index is 1.70. The van der Waals surface area contributed by atoms with Gasteiger partial charge in [0.2, 0.25) is 0 Å². The first-order valence-electron chi connectivity index (χ1n) is 7.63. The Morgan fingerprint density at radius 1 is 1.52 bits per heavy atom. The summed E-state index contributed by atoms with van der Waals surface area (Å²) in [6.45, 7) is 4.40. The number of rotatable bonds is 4. The number of hydrogen-bond donors (Lipinski definition) is 2. The lowest BCUT2D eigenvalue weighted by molar-refractivity contribution is 0.103. The number of thiophene rings is 1. The van der Waals surface area contributed by atoms with Gasteiger partial charge in [-0.25, -0.2) is 0 Å². The molecule has 1 atom stereocenters. The summed E-state index contributed by atoms with van der Waals surface area (Å²) in [5.41, 5.74) is 2.42. The molecule has 0 spiro atoms. The number of carbonyl (C=O) groups excluding carboxylic acids is 1. The van der Waals surface area contributed by atoms with E-state index in [-0.39, 0.29) is 5.91 Å². The Kier molecular flexibility index (Phi) is 4.10. The smallest absolute Gasteiger partial charge is 0.266 e. The van der Waals surface area contributed by atoms with Crippen LogP contribution in [-0.2, 0) is 19.3 Å². The maximum Gasteiger partial charge on any atom is 0.266 e. The number of aromatic nitrogens is 2. The van der Waals surface area contributed by atoms with Crippen LogP contribution in [0.25, 0.3) is 0 Å². The maximum atomic E-state index is 12.3. The minimum Gasteiger partial charge on any atom is -0.304 e. The summed E-state index contributed by atoms with van der Waals surface area (Å²) in [5.74, 6) is 1.30. The number of anilines is 1. The number of aryl methyl sites for hydroxylation is 2. The summed E-state index contributed by atoms with van der Waals surface area (Å²) < 4.78 is 0. The Hall–Kier alpha value is -1.62. The van der Waals surface area contributed by atoms with Gasteiger partial charge in [-0.05, 0) is 43.2 Å². The molecular formula is C16H21N3OS. The second kappa shape index (κ2) is 6.02. The topological polar surface area (TPSA) is 57.8 Å². The molecule has 2 aromatic heterocycles. The highest BCUT2D eigenvalue weighted by Crippen LogP contribution is 2.32. The zero-order valence-electron chi connectivity index (χ0n) is 12.5. The van der Waals surface area contributed by atoms with Crippen LogP contribution in [0.5, 0.6) is 0 Å². The van der Waals surface area contributed by atoms with E-state index in [0.717, 1.165) is 42.2 Å². The van der Waals surface area contributed by atoms with Gasteiger partial charge in [0, 0.05) is 16.6 Å². The Labute approximate surface area is 129 Å². The van der Waals surface area contributed by atoms with Crippen molar-refractivity contribution in [2.24, 2.45) is 5.92 Å². The molecule has 1 aliphatic carbocycles. The van der Waals surface area contributed by atoms with E-state index in [1.807, 2.05) is 6.07 Å². The van der Waals surface area contributed by atoms with Crippen molar-refractivity contribution in [2.75, 3.05) is 5.32 Å². The Bertz CT molecular complexity index is 644. The summed E-state index contributed by atoms with van der Waals surface area (Å²) in [7, 11) is 0. The van der Waals surface area contributed by atoms with E-state index in [9.17, 15) is 4.79 Å². The summed E-state index contributed by atoms with van der Waals surface area (Å²) in [5, 5.41) is 9.99. The highest BCUT2D eigenvalue weighted by Gasteiger charge is 2.21. The number of H-pyrrole nitrogens is 1. The van der Waals surface area contributed by atoms with E-state index < -0.39 is 0 Å². The van der Waals surface area contributed by atoms with Gasteiger partial charge in [-0.15, -0.1) is 11.3 Å². The molecular weight excluding hydrogens is 282 g/mol. The molecule has 0 aliphatic heterocycles. The van der Waals surface area contributed by atoms with Crippen molar-refractivity contribution in [1.82, 2.24) is 10.2 Å². The zero-order chi connectivity index (χ0) is 14.8. The molecule has 21 heavy (non-hydrogen) atoms. The third-order valence-electron chi connectivity index (χ3n) is 3.94. The minimum atomic E-state index is -0.0448. The van der Waals surface area contributed by atoms with Crippen molar-refractivity contribution in [3.05, 3.63) is 33.1 Å². The van der Waals surface area contributed by atoms with Crippen LogP contribution < -0.4 is 5.32 Å². The van der Waals surface area contributed by atoms with Gasteiger partial charge in [0.1, 0.15) is 0 Å². The minimum absolute atomic E-state index is 0.0448. The van der Waals surface area contributed by atoms with E-state index in [1.54, 1.807) is 11.3 Å². The number of aromatic amines is 1. The third kappa shape index (κ3) is 3.18. The van der Waals surface area contributed by atoms with E-state index >= 15 is 0 Å². The number of amides is 1. The van der Waals surface area contributed by atoms with Crippen molar-refractivity contribution in [3.8, 4) is 0 Å². The fourth-order valence-electron chi connectivity index (χ4n) is 2.82. The van der Waals surface area contributed by atoms with Gasteiger partial charge in [-0.3, -0.25) is 9.89 Å². The van der Waals surface area contributed by atoms with Gasteiger partial charge < -0.3 is 5.32 Å². The first-order chi connectivity index (χ1) is 10.2. The predicted octanol–water partition coefficient (Wildman–Crippen LogP) is 3.80. The molecule has 1 unspecified atom stereocenters. The SMILES string of the molecule is CCCc1cc(NC(=O)c2cc3c(s2)CCC(C)C3)n[nH]1. The number of nitrogens with one attached hydrogen (secondary N) is 2. The van der Waals surface area contributed by atoms with Crippen molar-refractivity contribution in [1.29, 1.82) is 0 Å². The molecule has 2 N–H and O–H groups in total. The molecule has 0 aromatic carbocycles. The van der Waals surface area contributed by atoms with Gasteiger partial charge >= 0.3 is 0 Å². The first-order valence-corrected chi connectivity index (χ1v) is 8.44. The Morgan fingerprint density at radius 2 is 2.38 bits per heavy atom. The van der Waals surface area contributed by atoms with Crippen molar-refractivity contribution >= 4 is 23.1 Å². The van der Waals surface area contributed by atoms with Crippen LogP contribution in [0.3, 0.4) is 0 Å². The first kappa shape index (κ1) is 14.3. The molecule has 1 aliphatic rings. The van der Waals surface area contributed by atoms with Crippen LogP contribution in [-0.4, -0.2) is 16.1 Å². The number of carbonyl (C=O) groups is 1. The van der Waals surface area contributed by atoms with Crippen molar-refractivity contribution < 1.29 is 4.79 Å². The largest absolute Gasteiger partial charge is 0.304 e. The lowest BCUT2D eigenvalue weighted by Gasteiger charge is -2.16. The molecule has 1 amide bonds. The van der Waals surface area contributed by atoms with Crippen molar-refractivity contribution in [3.63, 3.8) is 0 Å². The highest BCUT2D eigenvalue weighted by molar-refractivity contribution is 7.14. The predicted molar refractivity (Wildman–Crippen MR) is 86.0 cm³/mol. The van der Waals surface area contributed by atoms with Gasteiger partial charge in [-0.2, -0.15) is 5.10 Å². The molecule has 0 bridgehead atoms. The molecule has 2 aromatic rings. The molecule has 0 saturated carbocycles. The summed E-state index contributed by atoms with van der Waals surface area (Å²) in [6, 6.07) is 3.97.